The van der Waals surface area contributed by atoms with Crippen LogP contribution in [0, 0.1) is 0 Å². The second-order valence-electron chi connectivity index (χ2n) is 14.9. The summed E-state index contributed by atoms with van der Waals surface area (Å²) < 4.78 is 117. The normalized spacial score (nSPS) is 15.1. The van der Waals surface area contributed by atoms with Crippen molar-refractivity contribution in [2.75, 3.05) is 21.7 Å². The molecule has 0 radical (unpaired) electrons. The minimum absolute atomic E-state index is 0. The number of anilines is 2. The molecule has 2 fully saturated rings. The molecule has 0 atom stereocenters. The van der Waals surface area contributed by atoms with E-state index in [2.05, 4.69) is 25.7 Å². The highest BCUT2D eigenvalue weighted by Gasteiger charge is 2.35. The SMILES string of the molecule is Cl.O=S(=O)(C1CCCCC1)N(Cc1ccc(-c2nnc(C(F)F)o2)cc1)c1ccccc1.O=S(=O)(C1CCNCC1)N(Cc1ccc(-c2nnc(C(F)F)o2)cc1)c1ccccc1. The Morgan fingerprint density at radius 3 is 1.29 bits per heavy atom. The van der Waals surface area contributed by atoms with E-state index in [4.69, 9.17) is 8.83 Å². The van der Waals surface area contributed by atoms with Gasteiger partial charge in [0.05, 0.1) is 35.0 Å². The van der Waals surface area contributed by atoms with Gasteiger partial charge in [-0.2, -0.15) is 17.6 Å². The first-order valence-electron chi connectivity index (χ1n) is 20.2. The molecule has 336 valence electrons. The number of hydrogen-bond donors (Lipinski definition) is 1. The summed E-state index contributed by atoms with van der Waals surface area (Å²) >= 11 is 0. The van der Waals surface area contributed by atoms with Gasteiger partial charge in [0.1, 0.15) is 0 Å². The van der Waals surface area contributed by atoms with E-state index in [1.54, 1.807) is 84.9 Å². The lowest BCUT2D eigenvalue weighted by molar-refractivity contribution is 0.115. The average molecular weight is 932 g/mol. The van der Waals surface area contributed by atoms with E-state index in [0.29, 0.717) is 61.3 Å². The fourth-order valence-electron chi connectivity index (χ4n) is 7.38. The zero-order valence-electron chi connectivity index (χ0n) is 33.8. The minimum Gasteiger partial charge on any atom is -0.415 e. The number of aromatic nitrogens is 4. The first kappa shape index (κ1) is 47.1. The van der Waals surface area contributed by atoms with E-state index in [1.807, 2.05) is 24.3 Å². The Morgan fingerprint density at radius 1 is 0.540 bits per heavy atom. The fraction of sp³-hybridized carbons (Fsp3) is 0.349. The van der Waals surface area contributed by atoms with Crippen LogP contribution in [0.5, 0.6) is 0 Å². The van der Waals surface area contributed by atoms with E-state index in [1.165, 1.54) is 8.61 Å². The van der Waals surface area contributed by atoms with Crippen LogP contribution in [0.25, 0.3) is 22.9 Å². The van der Waals surface area contributed by atoms with Crippen molar-refractivity contribution in [3.63, 3.8) is 0 Å². The Bertz CT molecular complexity index is 2380. The van der Waals surface area contributed by atoms with Crippen molar-refractivity contribution < 1.29 is 43.2 Å². The first-order valence-corrected chi connectivity index (χ1v) is 23.2. The summed E-state index contributed by atoms with van der Waals surface area (Å²) in [4.78, 5) is 0. The third-order valence-corrected chi connectivity index (χ3v) is 15.2. The number of rotatable bonds is 14. The Hall–Kier alpha value is -5.37. The van der Waals surface area contributed by atoms with E-state index in [9.17, 15) is 34.4 Å². The van der Waals surface area contributed by atoms with Crippen molar-refractivity contribution in [1.29, 1.82) is 0 Å². The zero-order valence-corrected chi connectivity index (χ0v) is 36.3. The summed E-state index contributed by atoms with van der Waals surface area (Å²) in [7, 11) is -7.11. The molecule has 0 unspecified atom stereocenters. The molecule has 1 aliphatic carbocycles. The van der Waals surface area contributed by atoms with Crippen LogP contribution in [0.15, 0.2) is 118 Å². The summed E-state index contributed by atoms with van der Waals surface area (Å²) in [5.74, 6) is -1.48. The minimum atomic E-state index is -3.57. The molecule has 63 heavy (non-hydrogen) atoms. The molecule has 8 rings (SSSR count). The van der Waals surface area contributed by atoms with Crippen LogP contribution in [0.3, 0.4) is 0 Å². The van der Waals surface area contributed by atoms with E-state index in [0.717, 1.165) is 30.4 Å². The molecule has 6 aromatic rings. The van der Waals surface area contributed by atoms with Gasteiger partial charge in [0.2, 0.25) is 31.8 Å². The van der Waals surface area contributed by atoms with Crippen LogP contribution in [0.2, 0.25) is 0 Å². The Balaban J connectivity index is 0.000000206. The molecule has 4 aromatic carbocycles. The molecule has 13 nitrogen and oxygen atoms in total. The third-order valence-electron chi connectivity index (χ3n) is 10.7. The lowest BCUT2D eigenvalue weighted by atomic mass is 10.0. The molecule has 1 N–H and O–H groups in total. The topological polar surface area (TPSA) is 165 Å². The summed E-state index contributed by atoms with van der Waals surface area (Å²) in [6.07, 6.45) is -0.268. The van der Waals surface area contributed by atoms with Crippen molar-refractivity contribution in [2.45, 2.75) is 81.4 Å². The van der Waals surface area contributed by atoms with Crippen molar-refractivity contribution in [2.24, 2.45) is 0 Å². The first-order chi connectivity index (χ1) is 29.9. The lowest BCUT2D eigenvalue weighted by Gasteiger charge is -2.31. The molecule has 1 aliphatic heterocycles. The molecule has 2 aliphatic rings. The zero-order chi connectivity index (χ0) is 43.7. The number of halogens is 5. The average Bonchev–Trinajstić information content (AvgIpc) is 4.02. The number of piperidine rings is 1. The van der Waals surface area contributed by atoms with Crippen molar-refractivity contribution >= 4 is 43.8 Å². The number of sulfonamides is 2. The van der Waals surface area contributed by atoms with E-state index >= 15 is 0 Å². The maximum atomic E-state index is 13.5. The highest BCUT2D eigenvalue weighted by atomic mass is 35.5. The number of alkyl halides is 4. The molecule has 1 saturated heterocycles. The third kappa shape index (κ3) is 11.6. The maximum Gasteiger partial charge on any atom is 0.314 e. The molecule has 0 bridgehead atoms. The number of nitrogens with zero attached hydrogens (tertiary/aromatic N) is 6. The number of hydrogen-bond acceptors (Lipinski definition) is 11. The predicted octanol–water partition coefficient (Wildman–Crippen LogP) is 9.53. The van der Waals surface area contributed by atoms with Gasteiger partial charge < -0.3 is 14.2 Å². The van der Waals surface area contributed by atoms with Gasteiger partial charge in [-0.1, -0.05) is 79.9 Å². The van der Waals surface area contributed by atoms with Crippen LogP contribution >= 0.6 is 12.4 Å². The standard InChI is InChI=1S/C22H23F2N3O3S.C21H22F2N4O3S.ClH/c23-20(24)22-26-25-21(30-22)17-13-11-16(12-14-17)15-27(18-7-3-1-4-8-18)31(28,29)19-9-5-2-6-10-19;22-19(23)21-26-25-20(30-21)16-8-6-15(7-9-16)14-27(17-4-2-1-3-5-17)31(28,29)18-10-12-24-13-11-18;/h1,3-4,7-8,11-14,19-20H,2,5-6,9-10,15H2;1-9,18-19,24H,10-14H2;1H. The quantitative estimate of drug-likeness (QED) is 0.103. The van der Waals surface area contributed by atoms with Gasteiger partial charge in [-0.15, -0.1) is 32.8 Å². The largest absolute Gasteiger partial charge is 0.415 e. The van der Waals surface area contributed by atoms with Gasteiger partial charge in [0.25, 0.3) is 11.8 Å². The predicted molar refractivity (Wildman–Crippen MR) is 232 cm³/mol. The molecule has 1 saturated carbocycles. The summed E-state index contributed by atoms with van der Waals surface area (Å²) in [5.41, 5.74) is 3.71. The smallest absolute Gasteiger partial charge is 0.314 e. The molecule has 0 amide bonds. The summed E-state index contributed by atoms with van der Waals surface area (Å²) in [6, 6.07) is 31.6. The molecule has 0 spiro atoms. The highest BCUT2D eigenvalue weighted by Crippen LogP contribution is 2.32. The van der Waals surface area contributed by atoms with Gasteiger partial charge in [-0.3, -0.25) is 8.61 Å². The van der Waals surface area contributed by atoms with Crippen LogP contribution in [0.1, 0.15) is 80.7 Å². The molecule has 20 heteroatoms. The maximum absolute atomic E-state index is 13.5. The molecule has 2 aromatic heterocycles. The Morgan fingerprint density at radius 2 is 0.921 bits per heavy atom. The van der Waals surface area contributed by atoms with Crippen LogP contribution in [0.4, 0.5) is 28.9 Å². The fourth-order valence-corrected chi connectivity index (χ4v) is 11.3. The Kier molecular flexibility index (Phi) is 16.0. The van der Waals surface area contributed by atoms with Crippen molar-refractivity contribution in [3.05, 3.63) is 132 Å². The summed E-state index contributed by atoms with van der Waals surface area (Å²) in [5, 5.41) is 16.3. The molecular formula is C43H46ClF4N7O6S2. The van der Waals surface area contributed by atoms with Crippen LogP contribution in [-0.2, 0) is 33.1 Å². The van der Waals surface area contributed by atoms with Gasteiger partial charge in [0.15, 0.2) is 0 Å². The molecular weight excluding hydrogens is 886 g/mol. The van der Waals surface area contributed by atoms with Gasteiger partial charge in [0, 0.05) is 11.1 Å². The monoisotopic (exact) mass is 931 g/mol. The van der Waals surface area contributed by atoms with Gasteiger partial charge >= 0.3 is 12.9 Å². The summed E-state index contributed by atoms with van der Waals surface area (Å²) in [6.45, 7) is 1.68. The molecule has 3 heterocycles. The van der Waals surface area contributed by atoms with Gasteiger partial charge in [-0.05, 0) is 98.4 Å². The van der Waals surface area contributed by atoms with Gasteiger partial charge in [-0.25, -0.2) is 16.8 Å². The number of benzene rings is 4. The van der Waals surface area contributed by atoms with E-state index in [-0.39, 0.29) is 42.5 Å². The number of para-hydroxylation sites is 2. The van der Waals surface area contributed by atoms with Crippen molar-refractivity contribution in [1.82, 2.24) is 25.7 Å². The van der Waals surface area contributed by atoms with Crippen LogP contribution in [-0.4, -0.2) is 60.8 Å². The Labute approximate surface area is 369 Å². The second-order valence-corrected chi connectivity index (χ2v) is 19.1. The lowest BCUT2D eigenvalue weighted by Crippen LogP contribution is -2.43. The number of nitrogens with one attached hydrogen (secondary N) is 1. The highest BCUT2D eigenvalue weighted by molar-refractivity contribution is 7.93. The van der Waals surface area contributed by atoms with E-state index < -0.39 is 49.9 Å². The van der Waals surface area contributed by atoms with Crippen molar-refractivity contribution in [3.8, 4) is 22.9 Å². The second kappa shape index (κ2) is 21.3. The van der Waals surface area contributed by atoms with Crippen LogP contribution < -0.4 is 13.9 Å².